The van der Waals surface area contributed by atoms with Crippen LogP contribution in [-0.2, 0) is 47.7 Å². The van der Waals surface area contributed by atoms with Crippen LogP contribution in [0.25, 0.3) is 0 Å². The Morgan fingerprint density at radius 3 is 2.33 bits per heavy atom. The first-order valence-corrected chi connectivity index (χ1v) is 26.9. The zero-order valence-corrected chi connectivity index (χ0v) is 44.1. The second-order valence-corrected chi connectivity index (χ2v) is 21.8. The minimum absolute atomic E-state index is 0.00312. The number of nitrogens with zero attached hydrogens (tertiary/aromatic N) is 1. The molecule has 3 fully saturated rings. The number of thioether (sulfide) groups is 1. The molecule has 4 N–H and O–H groups in total. The van der Waals surface area contributed by atoms with Crippen LogP contribution in [0.3, 0.4) is 0 Å². The van der Waals surface area contributed by atoms with E-state index < -0.39 is 83.9 Å². The number of ketones is 3. The van der Waals surface area contributed by atoms with Gasteiger partial charge in [-0.2, -0.15) is 11.8 Å². The third-order valence-corrected chi connectivity index (χ3v) is 15.9. The number of esters is 1. The molecule has 4 rings (SSSR count). The van der Waals surface area contributed by atoms with Crippen molar-refractivity contribution in [3.05, 3.63) is 47.6 Å². The molecule has 2 saturated heterocycles. The highest BCUT2D eigenvalue weighted by molar-refractivity contribution is 7.99. The molecule has 15 atom stereocenters. The summed E-state index contributed by atoms with van der Waals surface area (Å²) in [6.45, 7) is 13.1. The maximum absolute atomic E-state index is 14.5. The lowest BCUT2D eigenvalue weighted by molar-refractivity contribution is -0.266. The number of piperidine rings is 1. The lowest BCUT2D eigenvalue weighted by Crippen LogP contribution is -2.61. The molecule has 1 aliphatic carbocycles. The van der Waals surface area contributed by atoms with Gasteiger partial charge in [-0.3, -0.25) is 19.2 Å². The molecular weight excluding hydrogens is 919 g/mol. The van der Waals surface area contributed by atoms with Crippen LogP contribution in [0.4, 0.5) is 0 Å². The highest BCUT2D eigenvalue weighted by Gasteiger charge is 2.53. The quantitative estimate of drug-likeness (QED) is 0.0776. The number of ether oxygens (including phenoxy) is 5. The molecule has 0 aromatic rings. The number of amides is 1. The topological polar surface area (TPSA) is 216 Å². The van der Waals surface area contributed by atoms with Gasteiger partial charge < -0.3 is 49.0 Å². The summed E-state index contributed by atoms with van der Waals surface area (Å²) in [5.41, 5.74) is 1.25. The van der Waals surface area contributed by atoms with Gasteiger partial charge in [0, 0.05) is 62.9 Å². The van der Waals surface area contributed by atoms with Crippen LogP contribution in [0.2, 0.25) is 0 Å². The Kier molecular flexibility index (Phi) is 24.6. The van der Waals surface area contributed by atoms with Crippen molar-refractivity contribution in [2.75, 3.05) is 45.5 Å². The van der Waals surface area contributed by atoms with Crippen LogP contribution >= 0.6 is 11.8 Å². The Morgan fingerprint density at radius 2 is 1.63 bits per heavy atom. The van der Waals surface area contributed by atoms with Crippen LogP contribution in [0.15, 0.2) is 47.6 Å². The fourth-order valence-electron chi connectivity index (χ4n) is 10.4. The summed E-state index contributed by atoms with van der Waals surface area (Å²) < 4.78 is 30.1. The first kappa shape index (κ1) is 59.5. The molecule has 0 radical (unpaired) electrons. The van der Waals surface area contributed by atoms with E-state index in [1.54, 1.807) is 45.7 Å². The molecule has 396 valence electrons. The summed E-state index contributed by atoms with van der Waals surface area (Å²) >= 11 is 1.55. The number of cyclic esters (lactones) is 1. The number of hydrogen-bond donors (Lipinski definition) is 4. The molecule has 3 aliphatic heterocycles. The smallest absolute Gasteiger partial charge is 0.329 e. The maximum Gasteiger partial charge on any atom is 0.329 e. The number of carbonyl (C=O) groups excluding carboxylic acids is 5. The van der Waals surface area contributed by atoms with Gasteiger partial charge in [-0.1, -0.05) is 71.1 Å². The summed E-state index contributed by atoms with van der Waals surface area (Å²) in [5, 5.41) is 43.4. The third-order valence-electron chi connectivity index (χ3n) is 15.0. The van der Waals surface area contributed by atoms with Crippen molar-refractivity contribution in [1.29, 1.82) is 0 Å². The first-order valence-electron chi connectivity index (χ1n) is 25.7. The molecule has 1 amide bonds. The van der Waals surface area contributed by atoms with Crippen molar-refractivity contribution < 1.29 is 68.1 Å². The Balaban J connectivity index is 1.71. The normalized spacial score (nSPS) is 38.4. The Hall–Kier alpha value is -3.06. The van der Waals surface area contributed by atoms with Crippen LogP contribution < -0.4 is 0 Å². The van der Waals surface area contributed by atoms with Crippen LogP contribution in [-0.4, -0.2) is 155 Å². The predicted molar refractivity (Wildman–Crippen MR) is 268 cm³/mol. The molecule has 4 aliphatic rings. The average molecular weight is 1000 g/mol. The second-order valence-electron chi connectivity index (χ2n) is 20.6. The van der Waals surface area contributed by atoms with E-state index in [1.165, 1.54) is 12.0 Å². The van der Waals surface area contributed by atoms with Crippen molar-refractivity contribution in [3.8, 4) is 0 Å². The molecule has 3 heterocycles. The van der Waals surface area contributed by atoms with E-state index in [0.29, 0.717) is 81.5 Å². The number of methoxy groups -OCH3 is 2. The highest BCUT2D eigenvalue weighted by atomic mass is 32.2. The Labute approximate surface area is 421 Å². The van der Waals surface area contributed by atoms with E-state index in [0.717, 1.165) is 5.57 Å². The van der Waals surface area contributed by atoms with E-state index in [9.17, 15) is 44.4 Å². The number of allylic oxidation sites excluding steroid dienone is 6. The van der Waals surface area contributed by atoms with E-state index in [-0.39, 0.29) is 67.8 Å². The fourth-order valence-corrected chi connectivity index (χ4v) is 11.0. The van der Waals surface area contributed by atoms with Gasteiger partial charge in [0.05, 0.1) is 37.6 Å². The van der Waals surface area contributed by atoms with Crippen LogP contribution in [0.5, 0.6) is 0 Å². The van der Waals surface area contributed by atoms with Gasteiger partial charge in [0.1, 0.15) is 30.1 Å². The molecule has 2 bridgehead atoms. The average Bonchev–Trinajstić information content (AvgIpc) is 3.33. The number of carbonyl (C=O) groups is 5. The third kappa shape index (κ3) is 16.7. The zero-order chi connectivity index (χ0) is 51.7. The fraction of sp³-hybridized carbons (Fsp3) is 0.759. The van der Waals surface area contributed by atoms with Gasteiger partial charge in [-0.25, -0.2) is 4.79 Å². The lowest BCUT2D eigenvalue weighted by atomic mass is 9.78. The monoisotopic (exact) mass is 1000 g/mol. The number of Topliss-reactive ketones (excluding diaryl/α,β-unsaturated/α-hetero) is 3. The molecule has 70 heavy (non-hydrogen) atoms. The highest BCUT2D eigenvalue weighted by Crippen LogP contribution is 2.38. The van der Waals surface area contributed by atoms with Gasteiger partial charge in [-0.05, 0) is 107 Å². The van der Waals surface area contributed by atoms with Gasteiger partial charge >= 0.3 is 5.97 Å². The van der Waals surface area contributed by atoms with Crippen molar-refractivity contribution in [2.24, 2.45) is 35.5 Å². The van der Waals surface area contributed by atoms with Crippen LogP contribution in [0, 0.1) is 35.5 Å². The number of aliphatic hydroxyl groups is 4. The summed E-state index contributed by atoms with van der Waals surface area (Å²) in [6.07, 6.45) is 10.9. The zero-order valence-electron chi connectivity index (χ0n) is 43.3. The first-order chi connectivity index (χ1) is 33.2. The van der Waals surface area contributed by atoms with Crippen LogP contribution in [0.1, 0.15) is 126 Å². The molecule has 0 spiro atoms. The van der Waals surface area contributed by atoms with E-state index in [2.05, 4.69) is 0 Å². The number of fused-ring (bicyclic) bond motifs is 3. The van der Waals surface area contributed by atoms with Gasteiger partial charge in [-0.15, -0.1) is 0 Å². The van der Waals surface area contributed by atoms with Crippen molar-refractivity contribution in [3.63, 3.8) is 0 Å². The summed E-state index contributed by atoms with van der Waals surface area (Å²) in [7, 11) is 2.94. The number of rotatable bonds is 11. The van der Waals surface area contributed by atoms with E-state index in [4.69, 9.17) is 23.7 Å². The molecule has 0 aromatic carbocycles. The lowest BCUT2D eigenvalue weighted by Gasteiger charge is -2.43. The largest absolute Gasteiger partial charge is 0.460 e. The van der Waals surface area contributed by atoms with Crippen molar-refractivity contribution in [2.45, 2.75) is 180 Å². The minimum atomic E-state index is -2.47. The second kappa shape index (κ2) is 29.0. The molecule has 15 nitrogen and oxygen atoms in total. The van der Waals surface area contributed by atoms with Gasteiger partial charge in [0.15, 0.2) is 5.78 Å². The van der Waals surface area contributed by atoms with E-state index in [1.807, 2.05) is 58.1 Å². The molecule has 1 saturated carbocycles. The molecule has 0 aromatic heterocycles. The predicted octanol–water partition coefficient (Wildman–Crippen LogP) is 6.28. The standard InChI is InChI=1S/C54H85NO14S/c1-33-15-11-10-12-16-34(2)45(67-24-26-70-25-23-56)31-41-20-18-39(7)54(64,69-41)51(61)52(62)55-22-14-13-17-42(55)53(63)68-46(36(4)29-40-19-21-43(57)47(30-40)65-8)32-44(58)35(3)28-38(6)49(60)50(66-9)48(59)37(5)27-33/h10-12,15-16,28,33,35-37,39-43,45-47,49-50,56-57,60,64H,13-14,17-27,29-32H2,1-9H3/b12-10+,15-11+,34-16+,38-28+/t33-,35-,36-,37-,39-,40+,41+,42+,43-,45+,46+,47-,49-,50+,54-/m1/s1. The van der Waals surface area contributed by atoms with E-state index >= 15 is 0 Å². The minimum Gasteiger partial charge on any atom is -0.460 e. The number of aliphatic hydroxyl groups excluding tert-OH is 3. The number of hydrogen-bond acceptors (Lipinski definition) is 15. The van der Waals surface area contributed by atoms with Gasteiger partial charge in [0.25, 0.3) is 11.7 Å². The molecular formula is C54H85NO14S. The Bertz CT molecular complexity index is 1850. The van der Waals surface area contributed by atoms with Gasteiger partial charge in [0.2, 0.25) is 5.79 Å². The molecule has 16 heteroatoms. The Morgan fingerprint density at radius 1 is 0.886 bits per heavy atom. The van der Waals surface area contributed by atoms with Crippen molar-refractivity contribution in [1.82, 2.24) is 4.90 Å². The summed E-state index contributed by atoms with van der Waals surface area (Å²) in [6, 6.07) is -1.16. The maximum atomic E-state index is 14.5. The molecule has 0 unspecified atom stereocenters. The SMILES string of the molecule is CO[C@@H]1C[C@H](C[C@@H](C)[C@@H]2CC(=O)[C@H](C)/C=C(\C)[C@@H](O)[C@@H](OC)C(=O)[C@H](C)C[C@H](C)/C=C/C=C/C=C(\C)[C@@H](OCCSCCO)C[C@@H]3CC[C@@H](C)[C@@](O)(O3)C(=O)C(=O)N3CCCC[C@H]3C(=O)O2)CC[C@H]1O. The summed E-state index contributed by atoms with van der Waals surface area (Å²) in [5.74, 6) is -6.95. The van der Waals surface area contributed by atoms with Crippen molar-refractivity contribution >= 4 is 41.0 Å². The summed E-state index contributed by atoms with van der Waals surface area (Å²) in [4.78, 5) is 72.3.